The molecule has 0 aliphatic rings. The van der Waals surface area contributed by atoms with E-state index in [1.807, 2.05) is 18.2 Å². The lowest BCUT2D eigenvalue weighted by molar-refractivity contribution is 1.11. The molecule has 0 aliphatic carbocycles. The Morgan fingerprint density at radius 3 is 2.24 bits per heavy atom. The molecular weight excluding hydrogens is 206 g/mol. The maximum Gasteiger partial charge on any atom is 0.0669 e. The molecule has 0 bridgehead atoms. The van der Waals surface area contributed by atoms with E-state index in [2.05, 4.69) is 43.3 Å². The SMILES string of the molecule is Cc1ccc(Cc2ccccc2CC#N)cc1. The molecule has 0 heterocycles. The molecule has 0 N–H and O–H groups in total. The second-order valence-electron chi connectivity index (χ2n) is 4.27. The summed E-state index contributed by atoms with van der Waals surface area (Å²) in [4.78, 5) is 0. The zero-order valence-electron chi connectivity index (χ0n) is 9.98. The summed E-state index contributed by atoms with van der Waals surface area (Å²) in [5.41, 5.74) is 4.95. The summed E-state index contributed by atoms with van der Waals surface area (Å²) < 4.78 is 0. The van der Waals surface area contributed by atoms with Crippen LogP contribution in [-0.4, -0.2) is 0 Å². The van der Waals surface area contributed by atoms with Gasteiger partial charge in [-0.15, -0.1) is 0 Å². The third kappa shape index (κ3) is 2.95. The lowest BCUT2D eigenvalue weighted by atomic mass is 9.98. The largest absolute Gasteiger partial charge is 0.198 e. The Kier molecular flexibility index (Phi) is 3.57. The Morgan fingerprint density at radius 2 is 1.59 bits per heavy atom. The van der Waals surface area contributed by atoms with Crippen molar-refractivity contribution in [2.75, 3.05) is 0 Å². The minimum absolute atomic E-state index is 0.488. The quantitative estimate of drug-likeness (QED) is 0.776. The van der Waals surface area contributed by atoms with E-state index in [4.69, 9.17) is 5.26 Å². The fraction of sp³-hybridized carbons (Fsp3) is 0.188. The minimum Gasteiger partial charge on any atom is -0.198 e. The molecule has 0 amide bonds. The van der Waals surface area contributed by atoms with E-state index in [1.165, 1.54) is 16.7 Å². The number of nitriles is 1. The highest BCUT2D eigenvalue weighted by molar-refractivity contribution is 5.35. The van der Waals surface area contributed by atoms with Crippen LogP contribution in [0.1, 0.15) is 22.3 Å². The molecule has 17 heavy (non-hydrogen) atoms. The third-order valence-corrected chi connectivity index (χ3v) is 2.90. The predicted octanol–water partition coefficient (Wildman–Crippen LogP) is 3.65. The maximum absolute atomic E-state index is 8.80. The van der Waals surface area contributed by atoms with E-state index in [0.29, 0.717) is 6.42 Å². The molecule has 0 saturated heterocycles. The monoisotopic (exact) mass is 221 g/mol. The Balaban J connectivity index is 2.24. The molecule has 0 aromatic heterocycles. The van der Waals surface area contributed by atoms with E-state index in [-0.39, 0.29) is 0 Å². The van der Waals surface area contributed by atoms with Gasteiger partial charge >= 0.3 is 0 Å². The third-order valence-electron chi connectivity index (χ3n) is 2.90. The summed E-state index contributed by atoms with van der Waals surface area (Å²) in [5, 5.41) is 8.80. The molecule has 0 radical (unpaired) electrons. The van der Waals surface area contributed by atoms with Gasteiger partial charge in [0.25, 0.3) is 0 Å². The summed E-state index contributed by atoms with van der Waals surface area (Å²) in [6, 6.07) is 18.9. The van der Waals surface area contributed by atoms with Crippen molar-refractivity contribution < 1.29 is 0 Å². The van der Waals surface area contributed by atoms with Gasteiger partial charge in [-0.3, -0.25) is 0 Å². The first-order valence-corrected chi connectivity index (χ1v) is 5.79. The molecule has 0 spiro atoms. The van der Waals surface area contributed by atoms with Crippen LogP contribution in [0.4, 0.5) is 0 Å². The fourth-order valence-corrected chi connectivity index (χ4v) is 1.91. The number of rotatable bonds is 3. The topological polar surface area (TPSA) is 23.8 Å². The van der Waals surface area contributed by atoms with Gasteiger partial charge in [-0.2, -0.15) is 5.26 Å². The van der Waals surface area contributed by atoms with Crippen molar-refractivity contribution >= 4 is 0 Å². The fourth-order valence-electron chi connectivity index (χ4n) is 1.91. The number of aryl methyl sites for hydroxylation is 1. The second kappa shape index (κ2) is 5.32. The Labute approximate surface area is 102 Å². The van der Waals surface area contributed by atoms with Crippen molar-refractivity contribution in [3.8, 4) is 6.07 Å². The van der Waals surface area contributed by atoms with Crippen LogP contribution in [0.15, 0.2) is 48.5 Å². The normalized spacial score (nSPS) is 9.88. The maximum atomic E-state index is 8.80. The van der Waals surface area contributed by atoms with Crippen LogP contribution >= 0.6 is 0 Å². The van der Waals surface area contributed by atoms with Crippen LogP contribution < -0.4 is 0 Å². The van der Waals surface area contributed by atoms with Crippen molar-refractivity contribution in [2.24, 2.45) is 0 Å². The Morgan fingerprint density at radius 1 is 0.941 bits per heavy atom. The zero-order chi connectivity index (χ0) is 12.1. The second-order valence-corrected chi connectivity index (χ2v) is 4.27. The van der Waals surface area contributed by atoms with Gasteiger partial charge in [0.15, 0.2) is 0 Å². The molecule has 0 atom stereocenters. The highest BCUT2D eigenvalue weighted by Crippen LogP contribution is 2.15. The van der Waals surface area contributed by atoms with Gasteiger partial charge in [-0.1, -0.05) is 54.1 Å². The highest BCUT2D eigenvalue weighted by atomic mass is 14.2. The van der Waals surface area contributed by atoms with E-state index in [9.17, 15) is 0 Å². The van der Waals surface area contributed by atoms with Crippen LogP contribution in [-0.2, 0) is 12.8 Å². The summed E-state index contributed by atoms with van der Waals surface area (Å²) in [7, 11) is 0. The van der Waals surface area contributed by atoms with Gasteiger partial charge < -0.3 is 0 Å². The molecule has 0 aliphatic heterocycles. The molecule has 1 nitrogen and oxygen atoms in total. The van der Waals surface area contributed by atoms with Gasteiger partial charge in [0.1, 0.15) is 0 Å². The molecule has 1 heteroatoms. The van der Waals surface area contributed by atoms with E-state index < -0.39 is 0 Å². The van der Waals surface area contributed by atoms with Crippen LogP contribution in [0.25, 0.3) is 0 Å². The average molecular weight is 221 g/mol. The van der Waals surface area contributed by atoms with Crippen molar-refractivity contribution in [2.45, 2.75) is 19.8 Å². The predicted molar refractivity (Wildman–Crippen MR) is 69.7 cm³/mol. The number of benzene rings is 2. The van der Waals surface area contributed by atoms with Crippen LogP contribution in [0, 0.1) is 18.3 Å². The zero-order valence-corrected chi connectivity index (χ0v) is 9.98. The van der Waals surface area contributed by atoms with Crippen molar-refractivity contribution in [1.29, 1.82) is 5.26 Å². The van der Waals surface area contributed by atoms with Gasteiger partial charge in [-0.25, -0.2) is 0 Å². The molecule has 0 unspecified atom stereocenters. The lowest BCUT2D eigenvalue weighted by Crippen LogP contribution is -1.94. The molecule has 0 fully saturated rings. The molecule has 84 valence electrons. The molecule has 0 saturated carbocycles. The van der Waals surface area contributed by atoms with Gasteiger partial charge in [0, 0.05) is 0 Å². The summed E-state index contributed by atoms with van der Waals surface area (Å²) in [6.45, 7) is 2.09. The van der Waals surface area contributed by atoms with Crippen molar-refractivity contribution in [1.82, 2.24) is 0 Å². The van der Waals surface area contributed by atoms with Crippen molar-refractivity contribution in [3.63, 3.8) is 0 Å². The molecular formula is C16H15N. The lowest BCUT2D eigenvalue weighted by Gasteiger charge is -2.07. The minimum atomic E-state index is 0.488. The summed E-state index contributed by atoms with van der Waals surface area (Å²) in [6.07, 6.45) is 1.39. The van der Waals surface area contributed by atoms with E-state index in [0.717, 1.165) is 12.0 Å². The van der Waals surface area contributed by atoms with Gasteiger partial charge in [0.2, 0.25) is 0 Å². The summed E-state index contributed by atoms with van der Waals surface area (Å²) in [5.74, 6) is 0. The highest BCUT2D eigenvalue weighted by Gasteiger charge is 2.02. The Hall–Kier alpha value is -2.07. The first kappa shape index (κ1) is 11.4. The molecule has 2 rings (SSSR count). The first-order chi connectivity index (χ1) is 8.29. The standard InChI is InChI=1S/C16H15N/c1-13-6-8-14(9-7-13)12-16-5-3-2-4-15(16)10-11-17/h2-9H,10,12H2,1H3. The number of hydrogen-bond acceptors (Lipinski definition) is 1. The van der Waals surface area contributed by atoms with Crippen LogP contribution in [0.5, 0.6) is 0 Å². The first-order valence-electron chi connectivity index (χ1n) is 5.79. The van der Waals surface area contributed by atoms with E-state index in [1.54, 1.807) is 0 Å². The number of hydrogen-bond donors (Lipinski definition) is 0. The van der Waals surface area contributed by atoms with Crippen molar-refractivity contribution in [3.05, 3.63) is 70.8 Å². The summed E-state index contributed by atoms with van der Waals surface area (Å²) >= 11 is 0. The Bertz CT molecular complexity index is 532. The smallest absolute Gasteiger partial charge is 0.0669 e. The molecule has 2 aromatic rings. The van der Waals surface area contributed by atoms with Crippen LogP contribution in [0.3, 0.4) is 0 Å². The number of nitrogens with zero attached hydrogens (tertiary/aromatic N) is 1. The average Bonchev–Trinajstić information content (AvgIpc) is 2.35. The van der Waals surface area contributed by atoms with E-state index >= 15 is 0 Å². The molecule has 2 aromatic carbocycles. The van der Waals surface area contributed by atoms with Gasteiger partial charge in [0.05, 0.1) is 12.5 Å². The van der Waals surface area contributed by atoms with Gasteiger partial charge in [-0.05, 0) is 30.0 Å². The van der Waals surface area contributed by atoms with Crippen LogP contribution in [0.2, 0.25) is 0 Å².